The van der Waals surface area contributed by atoms with E-state index in [1.54, 1.807) is 0 Å². The molecule has 9 heteroatoms. The molecular formula is C11H11Cl3O5S. The molecule has 0 aromatic heterocycles. The van der Waals surface area contributed by atoms with Crippen LogP contribution < -0.4 is 4.74 Å². The molecule has 0 aliphatic carbocycles. The van der Waals surface area contributed by atoms with E-state index in [0.717, 1.165) is 6.07 Å². The molecule has 0 spiro atoms. The summed E-state index contributed by atoms with van der Waals surface area (Å²) < 4.78 is 27.7. The van der Waals surface area contributed by atoms with Crippen molar-refractivity contribution in [2.24, 2.45) is 0 Å². The zero-order valence-electron chi connectivity index (χ0n) is 10.1. The van der Waals surface area contributed by atoms with Gasteiger partial charge in [-0.3, -0.25) is 4.79 Å². The smallest absolute Gasteiger partial charge is 0.303 e. The van der Waals surface area contributed by atoms with Crippen LogP contribution >= 0.6 is 33.9 Å². The molecule has 5 nitrogen and oxygen atoms in total. The molecule has 0 amide bonds. The molecule has 0 saturated heterocycles. The van der Waals surface area contributed by atoms with Gasteiger partial charge in [-0.1, -0.05) is 23.2 Å². The number of carboxylic acids is 1. The average Bonchev–Trinajstić information content (AvgIpc) is 2.30. The first kappa shape index (κ1) is 17.4. The maximum Gasteiger partial charge on any atom is 0.303 e. The van der Waals surface area contributed by atoms with E-state index in [9.17, 15) is 13.2 Å². The summed E-state index contributed by atoms with van der Waals surface area (Å²) in [7, 11) is 1.22. The fourth-order valence-corrected chi connectivity index (χ4v) is 3.16. The van der Waals surface area contributed by atoms with Crippen LogP contribution in [0.1, 0.15) is 19.3 Å². The van der Waals surface area contributed by atoms with Crippen molar-refractivity contribution in [1.82, 2.24) is 0 Å². The molecule has 0 bridgehead atoms. The Labute approximate surface area is 130 Å². The highest BCUT2D eigenvalue weighted by Crippen LogP contribution is 2.35. The maximum atomic E-state index is 11.2. The second-order valence-electron chi connectivity index (χ2n) is 3.85. The Hall–Kier alpha value is -0.690. The van der Waals surface area contributed by atoms with E-state index < -0.39 is 15.0 Å². The highest BCUT2D eigenvalue weighted by molar-refractivity contribution is 8.13. The van der Waals surface area contributed by atoms with Gasteiger partial charge in [-0.15, -0.1) is 0 Å². The van der Waals surface area contributed by atoms with E-state index in [4.69, 9.17) is 43.7 Å². The van der Waals surface area contributed by atoms with Crippen LogP contribution in [0.4, 0.5) is 0 Å². The second-order valence-corrected chi connectivity index (χ2v) is 7.20. The highest BCUT2D eigenvalue weighted by atomic mass is 35.7. The summed E-state index contributed by atoms with van der Waals surface area (Å²) in [4.78, 5) is 10.0. The SMILES string of the molecule is O=C(O)CCCCOc1cc(Cl)c(S(=O)(=O)Cl)cc1Cl. The minimum Gasteiger partial charge on any atom is -0.492 e. The Balaban J connectivity index is 2.69. The van der Waals surface area contributed by atoms with Crippen molar-refractivity contribution in [1.29, 1.82) is 0 Å². The average molecular weight is 362 g/mol. The topological polar surface area (TPSA) is 80.7 Å². The van der Waals surface area contributed by atoms with Crippen molar-refractivity contribution in [3.63, 3.8) is 0 Å². The maximum absolute atomic E-state index is 11.2. The van der Waals surface area contributed by atoms with Gasteiger partial charge in [0.15, 0.2) is 0 Å². The molecule has 1 aromatic rings. The molecule has 112 valence electrons. The molecule has 0 heterocycles. The van der Waals surface area contributed by atoms with Gasteiger partial charge in [-0.05, 0) is 18.9 Å². The summed E-state index contributed by atoms with van der Waals surface area (Å²) in [5.41, 5.74) is 0. The number of carbonyl (C=O) groups is 1. The lowest BCUT2D eigenvalue weighted by Crippen LogP contribution is -2.01. The van der Waals surface area contributed by atoms with Gasteiger partial charge < -0.3 is 9.84 Å². The van der Waals surface area contributed by atoms with Crippen molar-refractivity contribution in [3.05, 3.63) is 22.2 Å². The molecule has 1 aromatic carbocycles. The lowest BCUT2D eigenvalue weighted by molar-refractivity contribution is -0.137. The number of benzene rings is 1. The molecule has 20 heavy (non-hydrogen) atoms. The van der Waals surface area contributed by atoms with Gasteiger partial charge in [0.1, 0.15) is 10.6 Å². The summed E-state index contributed by atoms with van der Waals surface area (Å²) in [6, 6.07) is 2.37. The molecule has 1 N–H and O–H groups in total. The largest absolute Gasteiger partial charge is 0.492 e. The summed E-state index contributed by atoms with van der Waals surface area (Å²) >= 11 is 11.7. The van der Waals surface area contributed by atoms with E-state index in [1.165, 1.54) is 6.07 Å². The Kier molecular flexibility index (Phi) is 6.39. The fraction of sp³-hybridized carbons (Fsp3) is 0.364. The van der Waals surface area contributed by atoms with Crippen molar-refractivity contribution in [3.8, 4) is 5.75 Å². The van der Waals surface area contributed by atoms with Gasteiger partial charge in [-0.2, -0.15) is 0 Å². The monoisotopic (exact) mass is 360 g/mol. The number of aliphatic carboxylic acids is 1. The highest BCUT2D eigenvalue weighted by Gasteiger charge is 2.18. The number of halogens is 3. The molecule has 0 atom stereocenters. The van der Waals surface area contributed by atoms with Gasteiger partial charge in [0.2, 0.25) is 0 Å². The van der Waals surface area contributed by atoms with Crippen molar-refractivity contribution in [2.75, 3.05) is 6.61 Å². The number of hydrogen-bond donors (Lipinski definition) is 1. The lowest BCUT2D eigenvalue weighted by Gasteiger charge is -2.10. The van der Waals surface area contributed by atoms with Crippen LogP contribution in [-0.2, 0) is 13.8 Å². The van der Waals surface area contributed by atoms with Crippen molar-refractivity contribution < 1.29 is 23.1 Å². The lowest BCUT2D eigenvalue weighted by atomic mass is 10.2. The number of ether oxygens (including phenoxy) is 1. The molecule has 0 radical (unpaired) electrons. The van der Waals surface area contributed by atoms with Crippen LogP contribution in [0.3, 0.4) is 0 Å². The van der Waals surface area contributed by atoms with Crippen LogP contribution in [0, 0.1) is 0 Å². The third-order valence-electron chi connectivity index (χ3n) is 2.29. The third-order valence-corrected chi connectivity index (χ3v) is 4.37. The van der Waals surface area contributed by atoms with Gasteiger partial charge in [0.05, 0.1) is 16.7 Å². The van der Waals surface area contributed by atoms with Crippen LogP contribution in [0.2, 0.25) is 10.0 Å². The first-order valence-corrected chi connectivity index (χ1v) is 8.56. The molecular weight excluding hydrogens is 351 g/mol. The standard InChI is InChI=1S/C11H11Cl3O5S/c12-7-6-10(20(14,17)18)8(13)5-9(7)19-4-2-1-3-11(15)16/h5-6H,1-4H2,(H,15,16). The Morgan fingerprint density at radius 3 is 2.40 bits per heavy atom. The normalized spacial score (nSPS) is 11.3. The minimum absolute atomic E-state index is 0.0568. The van der Waals surface area contributed by atoms with Crippen LogP contribution in [-0.4, -0.2) is 26.1 Å². The summed E-state index contributed by atoms with van der Waals surface area (Å²) in [6.07, 6.45) is 1.05. The predicted octanol–water partition coefficient (Wildman–Crippen LogP) is 3.55. The first-order valence-electron chi connectivity index (χ1n) is 5.50. The van der Waals surface area contributed by atoms with Gasteiger partial charge in [0.25, 0.3) is 9.05 Å². The molecule has 0 aliphatic rings. The number of unbranched alkanes of at least 4 members (excludes halogenated alkanes) is 1. The summed E-state index contributed by atoms with van der Waals surface area (Å²) in [5, 5.41) is 8.44. The van der Waals surface area contributed by atoms with Gasteiger partial charge >= 0.3 is 5.97 Å². The van der Waals surface area contributed by atoms with Crippen molar-refractivity contribution >= 4 is 48.9 Å². The number of hydrogen-bond acceptors (Lipinski definition) is 4. The van der Waals surface area contributed by atoms with E-state index in [1.807, 2.05) is 0 Å². The zero-order valence-corrected chi connectivity index (χ0v) is 13.2. The molecule has 0 fully saturated rings. The van der Waals surface area contributed by atoms with Crippen LogP contribution in [0.15, 0.2) is 17.0 Å². The zero-order chi connectivity index (χ0) is 15.3. The second kappa shape index (κ2) is 7.36. The quantitative estimate of drug-likeness (QED) is 0.593. The summed E-state index contributed by atoms with van der Waals surface area (Å²) in [5.74, 6) is -0.654. The molecule has 0 saturated carbocycles. The van der Waals surface area contributed by atoms with Crippen LogP contribution in [0.5, 0.6) is 5.75 Å². The molecule has 0 aliphatic heterocycles. The molecule has 0 unspecified atom stereocenters. The minimum atomic E-state index is -3.98. The van der Waals surface area contributed by atoms with E-state index in [0.29, 0.717) is 12.8 Å². The third kappa shape index (κ3) is 5.36. The predicted molar refractivity (Wildman–Crippen MR) is 76.5 cm³/mol. The van der Waals surface area contributed by atoms with Crippen LogP contribution in [0.25, 0.3) is 0 Å². The fourth-order valence-electron chi connectivity index (χ4n) is 1.37. The Bertz CT molecular complexity index is 600. The van der Waals surface area contributed by atoms with E-state index >= 15 is 0 Å². The van der Waals surface area contributed by atoms with E-state index in [2.05, 4.69) is 0 Å². The van der Waals surface area contributed by atoms with Gasteiger partial charge in [0, 0.05) is 23.2 Å². The Morgan fingerprint density at radius 1 is 1.20 bits per heavy atom. The first-order chi connectivity index (χ1) is 9.21. The molecule has 1 rings (SSSR count). The number of carboxylic acid groups (broad SMARTS) is 1. The summed E-state index contributed by atoms with van der Waals surface area (Å²) in [6.45, 7) is 0.246. The van der Waals surface area contributed by atoms with Crippen molar-refractivity contribution in [2.45, 2.75) is 24.2 Å². The van der Waals surface area contributed by atoms with Gasteiger partial charge in [-0.25, -0.2) is 8.42 Å². The number of rotatable bonds is 7. The Morgan fingerprint density at radius 2 is 1.85 bits per heavy atom. The van der Waals surface area contributed by atoms with E-state index in [-0.39, 0.29) is 33.7 Å².